The summed E-state index contributed by atoms with van der Waals surface area (Å²) in [6, 6.07) is 1.94. The van der Waals surface area contributed by atoms with Gasteiger partial charge >= 0.3 is 0 Å². The normalized spacial score (nSPS) is 10.8. The van der Waals surface area contributed by atoms with Crippen LogP contribution in [0.2, 0.25) is 0 Å². The summed E-state index contributed by atoms with van der Waals surface area (Å²) in [5.74, 6) is 2.29. The second-order valence-electron chi connectivity index (χ2n) is 4.28. The van der Waals surface area contributed by atoms with Crippen molar-refractivity contribution in [2.24, 2.45) is 0 Å². The van der Waals surface area contributed by atoms with Gasteiger partial charge in [-0.15, -0.1) is 0 Å². The number of ether oxygens (including phenoxy) is 1. The van der Waals surface area contributed by atoms with E-state index in [1.807, 2.05) is 19.9 Å². The molecule has 2 heterocycles. The van der Waals surface area contributed by atoms with E-state index in [0.29, 0.717) is 19.0 Å². The molecule has 0 unspecified atom stereocenters. The molecule has 0 saturated heterocycles. The Labute approximate surface area is 132 Å². The van der Waals surface area contributed by atoms with Crippen LogP contribution in [0.5, 0.6) is 0 Å². The van der Waals surface area contributed by atoms with Crippen molar-refractivity contribution in [1.82, 2.24) is 19.3 Å². The van der Waals surface area contributed by atoms with Crippen LogP contribution < -0.4 is 5.32 Å². The number of aromatic nitrogens is 4. The van der Waals surface area contributed by atoms with Crippen molar-refractivity contribution in [2.45, 2.75) is 43.2 Å². The third-order valence-electron chi connectivity index (χ3n) is 2.44. The van der Waals surface area contributed by atoms with Crippen molar-refractivity contribution in [3.05, 3.63) is 17.7 Å². The van der Waals surface area contributed by atoms with Gasteiger partial charge in [0.25, 0.3) is 0 Å². The second-order valence-corrected chi connectivity index (χ2v) is 6.30. The van der Waals surface area contributed by atoms with Gasteiger partial charge in [-0.1, -0.05) is 6.92 Å². The van der Waals surface area contributed by atoms with Crippen molar-refractivity contribution in [3.8, 4) is 0 Å². The Bertz CT molecular complexity index is 549. The number of rotatable bonds is 8. The summed E-state index contributed by atoms with van der Waals surface area (Å²) in [5, 5.41) is 4.15. The summed E-state index contributed by atoms with van der Waals surface area (Å²) < 4.78 is 10.5. The first kappa shape index (κ1) is 16.1. The molecule has 0 saturated carbocycles. The maximum absolute atomic E-state index is 5.40. The van der Waals surface area contributed by atoms with Crippen LogP contribution in [0.15, 0.2) is 15.4 Å². The van der Waals surface area contributed by atoms with Crippen LogP contribution in [-0.2, 0) is 11.3 Å². The van der Waals surface area contributed by atoms with E-state index in [0.717, 1.165) is 34.0 Å². The number of nitrogens with zero attached hydrogens (tertiary/aromatic N) is 4. The third-order valence-corrected chi connectivity index (χ3v) is 4.20. The Kier molecular flexibility index (Phi) is 6.34. The lowest BCUT2D eigenvalue weighted by atomic mass is 10.4. The first-order valence-corrected chi connectivity index (χ1v) is 8.48. The molecule has 2 aromatic rings. The Morgan fingerprint density at radius 3 is 2.81 bits per heavy atom. The van der Waals surface area contributed by atoms with E-state index in [1.54, 1.807) is 0 Å². The molecule has 2 aromatic heterocycles. The van der Waals surface area contributed by atoms with E-state index in [9.17, 15) is 0 Å². The highest BCUT2D eigenvalue weighted by atomic mass is 32.2. The van der Waals surface area contributed by atoms with E-state index in [4.69, 9.17) is 4.74 Å². The summed E-state index contributed by atoms with van der Waals surface area (Å²) in [6.07, 6.45) is 1.04. The van der Waals surface area contributed by atoms with Crippen LogP contribution in [0.1, 0.15) is 31.9 Å². The molecular formula is C13H19N5OS2. The minimum atomic E-state index is 0.418. The molecule has 21 heavy (non-hydrogen) atoms. The molecule has 6 nitrogen and oxygen atoms in total. The lowest BCUT2D eigenvalue weighted by Gasteiger charge is -2.08. The van der Waals surface area contributed by atoms with Gasteiger partial charge in [-0.25, -0.2) is 15.0 Å². The van der Waals surface area contributed by atoms with Crippen molar-refractivity contribution < 1.29 is 4.74 Å². The minimum Gasteiger partial charge on any atom is -0.374 e. The molecule has 2 rings (SSSR count). The van der Waals surface area contributed by atoms with E-state index in [-0.39, 0.29) is 0 Å². The van der Waals surface area contributed by atoms with Gasteiger partial charge in [0.15, 0.2) is 10.2 Å². The van der Waals surface area contributed by atoms with Crippen molar-refractivity contribution in [2.75, 3.05) is 18.5 Å². The molecule has 0 bridgehead atoms. The highest BCUT2D eigenvalue weighted by Crippen LogP contribution is 2.28. The van der Waals surface area contributed by atoms with Gasteiger partial charge in [0.1, 0.15) is 23.3 Å². The average Bonchev–Trinajstić information content (AvgIpc) is 2.88. The number of anilines is 1. The number of hydrogen-bond donors (Lipinski definition) is 1. The lowest BCUT2D eigenvalue weighted by Crippen LogP contribution is -2.07. The van der Waals surface area contributed by atoms with Crippen LogP contribution in [0.25, 0.3) is 0 Å². The predicted octanol–water partition coefficient (Wildman–Crippen LogP) is 3.15. The fraction of sp³-hybridized carbons (Fsp3) is 0.538. The van der Waals surface area contributed by atoms with Gasteiger partial charge < -0.3 is 10.1 Å². The minimum absolute atomic E-state index is 0.418. The number of hydrogen-bond acceptors (Lipinski definition) is 8. The lowest BCUT2D eigenvalue weighted by molar-refractivity contribution is 0.128. The summed E-state index contributed by atoms with van der Waals surface area (Å²) in [4.78, 5) is 13.3. The summed E-state index contributed by atoms with van der Waals surface area (Å²) in [7, 11) is 0. The van der Waals surface area contributed by atoms with Crippen molar-refractivity contribution >= 4 is 29.1 Å². The van der Waals surface area contributed by atoms with Gasteiger partial charge in [-0.2, -0.15) is 4.37 Å². The Balaban J connectivity index is 2.16. The molecule has 0 aromatic carbocycles. The standard InChI is InChI=1S/C13H19N5OS2/c1-4-6-14-10-7-12(17-11(16-10)8-19-5-2)20-13-15-9(3)18-21-13/h7H,4-6,8H2,1-3H3,(H,14,16,17). The zero-order valence-electron chi connectivity index (χ0n) is 12.4. The van der Waals surface area contributed by atoms with Crippen LogP contribution in [0, 0.1) is 6.92 Å². The molecule has 1 N–H and O–H groups in total. The van der Waals surface area contributed by atoms with E-state index in [1.165, 1.54) is 23.3 Å². The molecule has 0 aliphatic heterocycles. The molecule has 0 atom stereocenters. The van der Waals surface area contributed by atoms with Crippen LogP contribution in [-0.4, -0.2) is 32.5 Å². The fourth-order valence-corrected chi connectivity index (χ4v) is 3.15. The maximum Gasteiger partial charge on any atom is 0.176 e. The largest absolute Gasteiger partial charge is 0.374 e. The van der Waals surface area contributed by atoms with Gasteiger partial charge in [-0.05, 0) is 43.6 Å². The molecule has 114 valence electrons. The molecule has 0 radical (unpaired) electrons. The Morgan fingerprint density at radius 2 is 2.14 bits per heavy atom. The molecule has 0 amide bonds. The van der Waals surface area contributed by atoms with Gasteiger partial charge in [0, 0.05) is 19.2 Å². The van der Waals surface area contributed by atoms with Crippen LogP contribution in [0.4, 0.5) is 5.82 Å². The highest BCUT2D eigenvalue weighted by Gasteiger charge is 2.09. The topological polar surface area (TPSA) is 72.8 Å². The van der Waals surface area contributed by atoms with Gasteiger partial charge in [-0.3, -0.25) is 0 Å². The molecule has 0 aliphatic carbocycles. The summed E-state index contributed by atoms with van der Waals surface area (Å²) in [5.41, 5.74) is 0. The molecule has 0 spiro atoms. The van der Waals surface area contributed by atoms with Gasteiger partial charge in [0.2, 0.25) is 0 Å². The SMILES string of the molecule is CCCNc1cc(Sc2nc(C)ns2)nc(COCC)n1. The van der Waals surface area contributed by atoms with Gasteiger partial charge in [0.05, 0.1) is 0 Å². The average molecular weight is 325 g/mol. The molecular weight excluding hydrogens is 306 g/mol. The number of aryl methyl sites for hydroxylation is 1. The first-order valence-electron chi connectivity index (χ1n) is 6.89. The van der Waals surface area contributed by atoms with Crippen molar-refractivity contribution in [1.29, 1.82) is 0 Å². The van der Waals surface area contributed by atoms with E-state index >= 15 is 0 Å². The highest BCUT2D eigenvalue weighted by molar-refractivity contribution is 8.00. The molecule has 0 aliphatic rings. The zero-order chi connectivity index (χ0) is 15.1. The molecule has 8 heteroatoms. The second kappa shape index (κ2) is 8.26. The monoisotopic (exact) mass is 325 g/mol. The first-order chi connectivity index (χ1) is 10.2. The van der Waals surface area contributed by atoms with Crippen LogP contribution in [0.3, 0.4) is 0 Å². The van der Waals surface area contributed by atoms with E-state index in [2.05, 4.69) is 31.6 Å². The van der Waals surface area contributed by atoms with Crippen molar-refractivity contribution in [3.63, 3.8) is 0 Å². The number of nitrogens with one attached hydrogen (secondary N) is 1. The smallest absolute Gasteiger partial charge is 0.176 e. The quantitative estimate of drug-likeness (QED) is 0.747. The molecule has 0 fully saturated rings. The zero-order valence-corrected chi connectivity index (χ0v) is 14.1. The third kappa shape index (κ3) is 5.22. The summed E-state index contributed by atoms with van der Waals surface area (Å²) in [6.45, 7) is 7.91. The summed E-state index contributed by atoms with van der Waals surface area (Å²) >= 11 is 2.88. The predicted molar refractivity (Wildman–Crippen MR) is 84.9 cm³/mol. The maximum atomic E-state index is 5.40. The Morgan fingerprint density at radius 1 is 1.29 bits per heavy atom. The van der Waals surface area contributed by atoms with Crippen LogP contribution >= 0.6 is 23.3 Å². The Hall–Kier alpha value is -1.25. The van der Waals surface area contributed by atoms with E-state index < -0.39 is 0 Å². The fourth-order valence-electron chi connectivity index (χ4n) is 1.54.